The van der Waals surface area contributed by atoms with Crippen LogP contribution in [0, 0.1) is 5.41 Å². The van der Waals surface area contributed by atoms with Gasteiger partial charge in [0.1, 0.15) is 12.0 Å². The van der Waals surface area contributed by atoms with E-state index in [4.69, 9.17) is 4.74 Å². The second-order valence-electron chi connectivity index (χ2n) is 5.27. The summed E-state index contributed by atoms with van der Waals surface area (Å²) >= 11 is 0. The van der Waals surface area contributed by atoms with Gasteiger partial charge in [0.15, 0.2) is 5.78 Å². The van der Waals surface area contributed by atoms with Crippen molar-refractivity contribution >= 4 is 17.8 Å². The minimum absolute atomic E-state index is 0.0310. The SMILES string of the molecule is CC1(C(=O)O)CN(C(=O)OCc2ccccc2)CCC1=O. The lowest BCUT2D eigenvalue weighted by Crippen LogP contribution is -2.53. The molecule has 0 radical (unpaired) electrons. The van der Waals surface area contributed by atoms with Crippen molar-refractivity contribution in [2.75, 3.05) is 13.1 Å². The van der Waals surface area contributed by atoms with Crippen molar-refractivity contribution in [1.82, 2.24) is 4.90 Å². The summed E-state index contributed by atoms with van der Waals surface area (Å²) < 4.78 is 5.16. The summed E-state index contributed by atoms with van der Waals surface area (Å²) in [4.78, 5) is 36.2. The molecule has 2 rings (SSSR count). The summed E-state index contributed by atoms with van der Waals surface area (Å²) in [5.74, 6) is -1.57. The summed E-state index contributed by atoms with van der Waals surface area (Å²) in [7, 11) is 0. The fourth-order valence-corrected chi connectivity index (χ4v) is 2.21. The number of likely N-dealkylation sites (tertiary alicyclic amines) is 1. The zero-order valence-electron chi connectivity index (χ0n) is 11.7. The number of benzene rings is 1. The van der Waals surface area contributed by atoms with Crippen LogP contribution in [0.3, 0.4) is 0 Å². The maximum Gasteiger partial charge on any atom is 0.410 e. The monoisotopic (exact) mass is 291 g/mol. The van der Waals surface area contributed by atoms with Crippen molar-refractivity contribution in [1.29, 1.82) is 0 Å². The van der Waals surface area contributed by atoms with Gasteiger partial charge in [-0.2, -0.15) is 0 Å². The number of carboxylic acid groups (broad SMARTS) is 1. The summed E-state index contributed by atoms with van der Waals surface area (Å²) in [5.41, 5.74) is -0.704. The number of piperidine rings is 1. The largest absolute Gasteiger partial charge is 0.480 e. The molecule has 0 aliphatic carbocycles. The summed E-state index contributed by atoms with van der Waals surface area (Å²) in [6.07, 6.45) is -0.567. The molecular weight excluding hydrogens is 274 g/mol. The average molecular weight is 291 g/mol. The Morgan fingerprint density at radius 2 is 2.00 bits per heavy atom. The number of ketones is 1. The Morgan fingerprint density at radius 1 is 1.33 bits per heavy atom. The first kappa shape index (κ1) is 15.0. The minimum Gasteiger partial charge on any atom is -0.480 e. The van der Waals surface area contributed by atoms with Gasteiger partial charge in [-0.25, -0.2) is 4.79 Å². The smallest absolute Gasteiger partial charge is 0.410 e. The van der Waals surface area contributed by atoms with E-state index in [9.17, 15) is 19.5 Å². The second-order valence-corrected chi connectivity index (χ2v) is 5.27. The number of carboxylic acids is 1. The van der Waals surface area contributed by atoms with E-state index in [1.165, 1.54) is 11.8 Å². The molecule has 1 aliphatic rings. The number of hydrogen-bond donors (Lipinski definition) is 1. The Morgan fingerprint density at radius 3 is 2.62 bits per heavy atom. The van der Waals surface area contributed by atoms with E-state index in [2.05, 4.69) is 0 Å². The first-order valence-corrected chi connectivity index (χ1v) is 6.66. The van der Waals surface area contributed by atoms with Crippen LogP contribution in [0.2, 0.25) is 0 Å². The Balaban J connectivity index is 1.97. The van der Waals surface area contributed by atoms with Gasteiger partial charge in [0.2, 0.25) is 0 Å². The summed E-state index contributed by atoms with van der Waals surface area (Å²) in [5, 5.41) is 9.18. The van der Waals surface area contributed by atoms with Crippen LogP contribution in [0.1, 0.15) is 18.9 Å². The highest BCUT2D eigenvalue weighted by molar-refractivity contribution is 6.04. The van der Waals surface area contributed by atoms with Crippen molar-refractivity contribution in [3.05, 3.63) is 35.9 Å². The molecule has 0 spiro atoms. The minimum atomic E-state index is -1.55. The predicted octanol–water partition coefficient (Wildman–Crippen LogP) is 1.69. The molecule has 1 aromatic carbocycles. The van der Waals surface area contributed by atoms with Gasteiger partial charge in [-0.1, -0.05) is 30.3 Å². The van der Waals surface area contributed by atoms with Gasteiger partial charge in [0, 0.05) is 19.5 Å². The van der Waals surface area contributed by atoms with Gasteiger partial charge in [0.05, 0.1) is 0 Å². The molecule has 1 saturated heterocycles. The van der Waals surface area contributed by atoms with E-state index in [0.29, 0.717) is 0 Å². The number of carbonyl (C=O) groups excluding carboxylic acids is 2. The van der Waals surface area contributed by atoms with E-state index in [1.807, 2.05) is 30.3 Å². The van der Waals surface area contributed by atoms with Crippen molar-refractivity contribution < 1.29 is 24.2 Å². The molecule has 6 nitrogen and oxygen atoms in total. The third-order valence-electron chi connectivity index (χ3n) is 3.67. The third-order valence-corrected chi connectivity index (χ3v) is 3.67. The first-order valence-electron chi connectivity index (χ1n) is 6.66. The third kappa shape index (κ3) is 3.21. The number of rotatable bonds is 3. The van der Waals surface area contributed by atoms with Gasteiger partial charge in [-0.15, -0.1) is 0 Å². The summed E-state index contributed by atoms with van der Waals surface area (Å²) in [6.45, 7) is 1.49. The molecule has 0 bridgehead atoms. The van der Waals surface area contributed by atoms with Crippen molar-refractivity contribution in [2.24, 2.45) is 5.41 Å². The molecular formula is C15H17NO5. The molecule has 1 aliphatic heterocycles. The van der Waals surface area contributed by atoms with E-state index >= 15 is 0 Å². The molecule has 1 aromatic rings. The molecule has 1 atom stereocenters. The summed E-state index contributed by atoms with van der Waals surface area (Å²) in [6, 6.07) is 9.19. The van der Waals surface area contributed by atoms with Crippen molar-refractivity contribution in [3.8, 4) is 0 Å². The van der Waals surface area contributed by atoms with Crippen molar-refractivity contribution in [2.45, 2.75) is 20.0 Å². The second kappa shape index (κ2) is 5.95. The van der Waals surface area contributed by atoms with E-state index in [1.54, 1.807) is 0 Å². The lowest BCUT2D eigenvalue weighted by Gasteiger charge is -2.35. The Kier molecular flexibility index (Phi) is 4.26. The normalized spacial score (nSPS) is 22.0. The lowest BCUT2D eigenvalue weighted by atomic mass is 9.81. The fraction of sp³-hybridized carbons (Fsp3) is 0.400. The van der Waals surface area contributed by atoms with Gasteiger partial charge in [0.25, 0.3) is 0 Å². The van der Waals surface area contributed by atoms with Gasteiger partial charge in [-0.05, 0) is 12.5 Å². The van der Waals surface area contributed by atoms with Crippen LogP contribution >= 0.6 is 0 Å². The Bertz CT molecular complexity index is 556. The first-order chi connectivity index (χ1) is 9.93. The van der Waals surface area contributed by atoms with Crippen LogP contribution in [0.15, 0.2) is 30.3 Å². The molecule has 1 heterocycles. The zero-order valence-corrected chi connectivity index (χ0v) is 11.7. The fourth-order valence-electron chi connectivity index (χ4n) is 2.21. The average Bonchev–Trinajstić information content (AvgIpc) is 2.48. The van der Waals surface area contributed by atoms with E-state index in [0.717, 1.165) is 5.56 Å². The number of aliphatic carboxylic acids is 1. The lowest BCUT2D eigenvalue weighted by molar-refractivity contribution is -0.156. The topological polar surface area (TPSA) is 83.9 Å². The number of Topliss-reactive ketones (excluding diaryl/α,β-unsaturated/α-hetero) is 1. The highest BCUT2D eigenvalue weighted by Crippen LogP contribution is 2.27. The number of ether oxygens (including phenoxy) is 1. The molecule has 21 heavy (non-hydrogen) atoms. The zero-order chi connectivity index (χ0) is 15.5. The number of nitrogens with zero attached hydrogens (tertiary/aromatic N) is 1. The molecule has 1 N–H and O–H groups in total. The van der Waals surface area contributed by atoms with Gasteiger partial charge >= 0.3 is 12.1 Å². The Hall–Kier alpha value is -2.37. The van der Waals surface area contributed by atoms with E-state index < -0.39 is 17.5 Å². The number of amides is 1. The predicted molar refractivity (Wildman–Crippen MR) is 73.6 cm³/mol. The molecule has 112 valence electrons. The Labute approximate surface area is 122 Å². The number of hydrogen-bond acceptors (Lipinski definition) is 4. The highest BCUT2D eigenvalue weighted by atomic mass is 16.6. The molecule has 1 unspecified atom stereocenters. The molecule has 0 aromatic heterocycles. The maximum atomic E-state index is 12.0. The quantitative estimate of drug-likeness (QED) is 0.857. The van der Waals surface area contributed by atoms with E-state index in [-0.39, 0.29) is 31.9 Å². The molecule has 1 fully saturated rings. The molecule has 6 heteroatoms. The van der Waals surface area contributed by atoms with Gasteiger partial charge in [-0.3, -0.25) is 9.59 Å². The molecule has 0 saturated carbocycles. The highest BCUT2D eigenvalue weighted by Gasteiger charge is 2.46. The van der Waals surface area contributed by atoms with Gasteiger partial charge < -0.3 is 14.7 Å². The van der Waals surface area contributed by atoms with Crippen LogP contribution in [-0.4, -0.2) is 40.9 Å². The standard InChI is InChI=1S/C15H17NO5/c1-15(13(18)19)10-16(8-7-12(15)17)14(20)21-9-11-5-3-2-4-6-11/h2-6H,7-10H2,1H3,(H,18,19). The van der Waals surface area contributed by atoms with Crippen LogP contribution in [0.5, 0.6) is 0 Å². The number of carbonyl (C=O) groups is 3. The van der Waals surface area contributed by atoms with Crippen LogP contribution in [0.4, 0.5) is 4.79 Å². The maximum absolute atomic E-state index is 12.0. The van der Waals surface area contributed by atoms with Crippen LogP contribution < -0.4 is 0 Å². The van der Waals surface area contributed by atoms with Crippen LogP contribution in [-0.2, 0) is 20.9 Å². The van der Waals surface area contributed by atoms with Crippen molar-refractivity contribution in [3.63, 3.8) is 0 Å². The van der Waals surface area contributed by atoms with Crippen LogP contribution in [0.25, 0.3) is 0 Å². The molecule has 1 amide bonds.